The van der Waals surface area contributed by atoms with E-state index in [2.05, 4.69) is 0 Å². The number of ketones is 2. The zero-order valence-corrected chi connectivity index (χ0v) is 18.9. The predicted molar refractivity (Wildman–Crippen MR) is 126 cm³/mol. The van der Waals surface area contributed by atoms with E-state index in [0.29, 0.717) is 23.2 Å². The lowest BCUT2D eigenvalue weighted by Crippen LogP contribution is -2.30. The Kier molecular flexibility index (Phi) is 6.20. The van der Waals surface area contributed by atoms with Crippen molar-refractivity contribution in [2.45, 2.75) is 19.9 Å². The minimum Gasteiger partial charge on any atom is -0.298 e. The van der Waals surface area contributed by atoms with Gasteiger partial charge in [-0.3, -0.25) is 24.6 Å². The summed E-state index contributed by atoms with van der Waals surface area (Å²) in [5.41, 5.74) is 3.83. The van der Waals surface area contributed by atoms with Crippen LogP contribution < -0.4 is 0 Å². The Balaban J connectivity index is 1.79. The van der Waals surface area contributed by atoms with E-state index in [1.54, 1.807) is 36.4 Å². The van der Waals surface area contributed by atoms with Gasteiger partial charge in [0.1, 0.15) is 0 Å². The van der Waals surface area contributed by atoms with Crippen molar-refractivity contribution < 1.29 is 14.5 Å². The van der Waals surface area contributed by atoms with Gasteiger partial charge >= 0.3 is 0 Å². The van der Waals surface area contributed by atoms with Crippen molar-refractivity contribution in [3.8, 4) is 0 Å². The van der Waals surface area contributed by atoms with Gasteiger partial charge in [-0.05, 0) is 26.5 Å². The van der Waals surface area contributed by atoms with Crippen LogP contribution in [0, 0.1) is 35.8 Å². The molecule has 3 aromatic carbocycles. The lowest BCUT2D eigenvalue weighted by molar-refractivity contribution is -0.385. The lowest BCUT2D eigenvalue weighted by Gasteiger charge is -2.26. The number of nitro benzene ring substituents is 1. The molecule has 1 fully saturated rings. The zero-order chi connectivity index (χ0) is 23.7. The second-order valence-corrected chi connectivity index (χ2v) is 8.83. The molecule has 0 aromatic heterocycles. The number of non-ortho nitro benzene ring substituents is 1. The molecule has 0 radical (unpaired) electrons. The van der Waals surface area contributed by atoms with Gasteiger partial charge in [-0.25, -0.2) is 0 Å². The maximum Gasteiger partial charge on any atom is 0.269 e. The minimum atomic E-state index is -0.659. The fourth-order valence-electron chi connectivity index (χ4n) is 4.73. The second-order valence-electron chi connectivity index (χ2n) is 8.83. The molecule has 1 aliphatic heterocycles. The predicted octanol–water partition coefficient (Wildman–Crippen LogP) is 5.20. The number of likely N-dealkylation sites (tertiary alicyclic amines) is 1. The molecule has 6 heteroatoms. The number of rotatable bonds is 6. The first kappa shape index (κ1) is 22.6. The van der Waals surface area contributed by atoms with Crippen molar-refractivity contribution in [3.05, 3.63) is 111 Å². The van der Waals surface area contributed by atoms with Crippen molar-refractivity contribution in [2.24, 2.45) is 11.8 Å². The van der Waals surface area contributed by atoms with Crippen LogP contribution in [0.25, 0.3) is 0 Å². The molecule has 4 rings (SSSR count). The first-order chi connectivity index (χ1) is 15.8. The highest BCUT2D eigenvalue weighted by Crippen LogP contribution is 2.43. The average molecular weight is 443 g/mol. The molecule has 168 valence electrons. The molecule has 0 unspecified atom stereocenters. The number of aryl methyl sites for hydroxylation is 2. The molecule has 33 heavy (non-hydrogen) atoms. The monoisotopic (exact) mass is 442 g/mol. The Morgan fingerprint density at radius 3 is 1.97 bits per heavy atom. The first-order valence-corrected chi connectivity index (χ1v) is 10.9. The highest BCUT2D eigenvalue weighted by Gasteiger charge is 2.48. The number of hydrogen-bond donors (Lipinski definition) is 0. The number of carbonyl (C=O) groups excluding carboxylic acids is 2. The maximum absolute atomic E-state index is 13.8. The van der Waals surface area contributed by atoms with E-state index in [4.69, 9.17) is 0 Å². The number of nitrogens with zero attached hydrogens (tertiary/aromatic N) is 2. The highest BCUT2D eigenvalue weighted by molar-refractivity contribution is 6.06. The van der Waals surface area contributed by atoms with E-state index < -0.39 is 22.8 Å². The van der Waals surface area contributed by atoms with E-state index >= 15 is 0 Å². The fourth-order valence-corrected chi connectivity index (χ4v) is 4.73. The van der Waals surface area contributed by atoms with Crippen LogP contribution in [0.2, 0.25) is 0 Å². The molecule has 6 nitrogen and oxygen atoms in total. The van der Waals surface area contributed by atoms with Crippen LogP contribution in [0.3, 0.4) is 0 Å². The molecule has 3 atom stereocenters. The van der Waals surface area contributed by atoms with Crippen LogP contribution >= 0.6 is 0 Å². The Labute approximate surface area is 193 Å². The van der Waals surface area contributed by atoms with Crippen LogP contribution in [0.4, 0.5) is 5.69 Å². The van der Waals surface area contributed by atoms with Crippen LogP contribution in [-0.4, -0.2) is 35.0 Å². The topological polar surface area (TPSA) is 80.5 Å². The van der Waals surface area contributed by atoms with Crippen LogP contribution in [0.5, 0.6) is 0 Å². The van der Waals surface area contributed by atoms with Crippen molar-refractivity contribution >= 4 is 17.3 Å². The van der Waals surface area contributed by atoms with Crippen LogP contribution in [-0.2, 0) is 0 Å². The molecule has 0 N–H and O–H groups in total. The third-order valence-corrected chi connectivity index (χ3v) is 6.47. The van der Waals surface area contributed by atoms with Gasteiger partial charge in [-0.15, -0.1) is 0 Å². The van der Waals surface area contributed by atoms with Crippen molar-refractivity contribution in [1.29, 1.82) is 0 Å². The molecule has 0 bridgehead atoms. The molecule has 0 aliphatic carbocycles. The van der Waals surface area contributed by atoms with Gasteiger partial charge in [0.25, 0.3) is 5.69 Å². The number of carbonyl (C=O) groups is 2. The summed E-state index contributed by atoms with van der Waals surface area (Å²) in [6.07, 6.45) is 0. The number of nitro groups is 1. The fraction of sp³-hybridized carbons (Fsp3) is 0.259. The first-order valence-electron chi connectivity index (χ1n) is 10.9. The summed E-state index contributed by atoms with van der Waals surface area (Å²) in [5, 5.41) is 11.4. The third-order valence-electron chi connectivity index (χ3n) is 6.47. The zero-order valence-electron chi connectivity index (χ0n) is 18.9. The summed E-state index contributed by atoms with van der Waals surface area (Å²) < 4.78 is 0. The third kappa shape index (κ3) is 4.47. The van der Waals surface area contributed by atoms with Crippen molar-refractivity contribution in [3.63, 3.8) is 0 Å². The highest BCUT2D eigenvalue weighted by atomic mass is 16.6. The van der Waals surface area contributed by atoms with Crippen molar-refractivity contribution in [1.82, 2.24) is 4.90 Å². The summed E-state index contributed by atoms with van der Waals surface area (Å²) in [6.45, 7) is 4.30. The molecule has 1 saturated heterocycles. The molecular weight excluding hydrogens is 416 g/mol. The summed E-state index contributed by atoms with van der Waals surface area (Å²) in [7, 11) is 1.86. The normalized spacial score (nSPS) is 20.5. The van der Waals surface area contributed by atoms with Crippen LogP contribution in [0.15, 0.2) is 72.8 Å². The van der Waals surface area contributed by atoms with Gasteiger partial charge in [-0.2, -0.15) is 0 Å². The summed E-state index contributed by atoms with van der Waals surface area (Å²) in [6, 6.07) is 20.6. The Bertz CT molecular complexity index is 1200. The second kappa shape index (κ2) is 9.08. The van der Waals surface area contributed by atoms with Gasteiger partial charge in [-0.1, -0.05) is 71.8 Å². The number of benzene rings is 3. The molecule has 3 aromatic rings. The summed E-state index contributed by atoms with van der Waals surface area (Å²) in [5.74, 6) is -1.43. The average Bonchev–Trinajstić information content (AvgIpc) is 3.16. The Hall–Kier alpha value is -3.64. The standard InChI is InChI=1S/C27H26N2O4/c1-17-7-11-19(12-8-17)26(30)23-16-28(3)25(21-5-4-6-22(15-21)29(32)33)24(23)27(31)20-13-9-18(2)10-14-20/h4-15,23-25H,16H2,1-3H3/t23-,24+,25+/m1/s1. The molecular formula is C27H26N2O4. The van der Waals surface area contributed by atoms with E-state index in [1.165, 1.54) is 12.1 Å². The van der Waals surface area contributed by atoms with E-state index in [-0.39, 0.29) is 17.3 Å². The van der Waals surface area contributed by atoms with Gasteiger partial charge in [0.15, 0.2) is 11.6 Å². The van der Waals surface area contributed by atoms with Gasteiger partial charge in [0.2, 0.25) is 0 Å². The van der Waals surface area contributed by atoms with Crippen LogP contribution in [0.1, 0.15) is 43.4 Å². The lowest BCUT2D eigenvalue weighted by atomic mass is 9.78. The molecule has 0 spiro atoms. The van der Waals surface area contributed by atoms with Gasteiger partial charge < -0.3 is 0 Å². The van der Waals surface area contributed by atoms with Crippen molar-refractivity contribution in [2.75, 3.05) is 13.6 Å². The minimum absolute atomic E-state index is 0.0317. The SMILES string of the molecule is Cc1ccc(C(=O)[C@H]2[C@H](C(=O)c3ccc(C)cc3)CN(C)[C@H]2c2cccc([N+](=O)[O-])c2)cc1. The van der Waals surface area contributed by atoms with Gasteiger partial charge in [0, 0.05) is 41.8 Å². The van der Waals surface area contributed by atoms with E-state index in [9.17, 15) is 19.7 Å². The number of hydrogen-bond acceptors (Lipinski definition) is 5. The molecule has 0 amide bonds. The van der Waals surface area contributed by atoms with Gasteiger partial charge in [0.05, 0.1) is 10.8 Å². The largest absolute Gasteiger partial charge is 0.298 e. The Morgan fingerprint density at radius 2 is 1.42 bits per heavy atom. The molecule has 1 heterocycles. The van der Waals surface area contributed by atoms with E-state index in [1.807, 2.05) is 50.1 Å². The smallest absolute Gasteiger partial charge is 0.269 e. The summed E-state index contributed by atoms with van der Waals surface area (Å²) in [4.78, 5) is 40.3. The maximum atomic E-state index is 13.8. The molecule has 1 aliphatic rings. The molecule has 0 saturated carbocycles. The van der Waals surface area contributed by atoms with E-state index in [0.717, 1.165) is 11.1 Å². The summed E-state index contributed by atoms with van der Waals surface area (Å²) >= 11 is 0. The quantitative estimate of drug-likeness (QED) is 0.298. The number of Topliss-reactive ketones (excluding diaryl/α,β-unsaturated/α-hetero) is 2. The Morgan fingerprint density at radius 1 is 0.879 bits per heavy atom.